The van der Waals surface area contributed by atoms with Crippen LogP contribution in [0.3, 0.4) is 0 Å². The highest BCUT2D eigenvalue weighted by molar-refractivity contribution is 5.85. The third kappa shape index (κ3) is 3.76. The number of halogens is 1. The summed E-state index contributed by atoms with van der Waals surface area (Å²) in [5, 5.41) is 3.38. The highest BCUT2D eigenvalue weighted by Gasteiger charge is 2.29. The van der Waals surface area contributed by atoms with Crippen LogP contribution < -0.4 is 16.8 Å². The van der Waals surface area contributed by atoms with Gasteiger partial charge in [0.15, 0.2) is 0 Å². The third-order valence-electron chi connectivity index (χ3n) is 3.57. The highest BCUT2D eigenvalue weighted by atomic mass is 35.5. The van der Waals surface area contributed by atoms with E-state index >= 15 is 0 Å². The van der Waals surface area contributed by atoms with Gasteiger partial charge in [-0.25, -0.2) is 0 Å². The van der Waals surface area contributed by atoms with Crippen molar-refractivity contribution in [1.29, 1.82) is 0 Å². The quantitative estimate of drug-likeness (QED) is 0.742. The zero-order chi connectivity index (χ0) is 13.9. The Morgan fingerprint density at radius 1 is 1.25 bits per heavy atom. The Hall–Kier alpha value is -1.49. The topological polar surface area (TPSA) is 67.3 Å². The van der Waals surface area contributed by atoms with Crippen molar-refractivity contribution in [3.63, 3.8) is 0 Å². The van der Waals surface area contributed by atoms with Gasteiger partial charge in [0.25, 0.3) is 0 Å². The van der Waals surface area contributed by atoms with Crippen LogP contribution in [0.25, 0.3) is 0 Å². The summed E-state index contributed by atoms with van der Waals surface area (Å²) in [6.07, 6.45) is 4.61. The number of likely N-dealkylation sites (N-methyl/N-ethyl adjacent to an activating group) is 1. The van der Waals surface area contributed by atoms with Crippen molar-refractivity contribution in [2.45, 2.75) is 12.1 Å². The first-order valence-electron chi connectivity index (χ1n) is 6.43. The lowest BCUT2D eigenvalue weighted by Crippen LogP contribution is -2.52. The molecule has 1 aromatic carbocycles. The van der Waals surface area contributed by atoms with E-state index in [4.69, 9.17) is 11.5 Å². The molecule has 110 valence electrons. The number of hydrogen-bond donors (Lipinski definition) is 3. The number of nitrogens with two attached hydrogens (primary N) is 2. The second kappa shape index (κ2) is 6.79. The first-order valence-corrected chi connectivity index (χ1v) is 6.43. The zero-order valence-corrected chi connectivity index (χ0v) is 12.8. The van der Waals surface area contributed by atoms with Crippen molar-refractivity contribution in [3.8, 4) is 0 Å². The summed E-state index contributed by atoms with van der Waals surface area (Å²) in [4.78, 5) is 2.01. The molecule has 0 radical (unpaired) electrons. The maximum absolute atomic E-state index is 6.35. The minimum Gasteiger partial charge on any atom is -0.399 e. The van der Waals surface area contributed by atoms with Gasteiger partial charge >= 0.3 is 0 Å². The second-order valence-corrected chi connectivity index (χ2v) is 5.17. The number of anilines is 1. The van der Waals surface area contributed by atoms with E-state index in [9.17, 15) is 0 Å². The Morgan fingerprint density at radius 2 is 1.90 bits per heavy atom. The van der Waals surface area contributed by atoms with Crippen LogP contribution in [0.15, 0.2) is 53.8 Å². The van der Waals surface area contributed by atoms with Crippen molar-refractivity contribution >= 4 is 18.1 Å². The monoisotopic (exact) mass is 294 g/mol. The normalized spacial score (nSPS) is 21.8. The Bertz CT molecular complexity index is 496. The number of nitrogens with one attached hydrogen (secondary N) is 1. The summed E-state index contributed by atoms with van der Waals surface area (Å²) < 4.78 is 0. The molecular formula is C15H23ClN4. The molecule has 20 heavy (non-hydrogen) atoms. The largest absolute Gasteiger partial charge is 0.399 e. The van der Waals surface area contributed by atoms with Gasteiger partial charge in [-0.1, -0.05) is 18.2 Å². The van der Waals surface area contributed by atoms with E-state index in [1.54, 1.807) is 0 Å². The molecule has 5 N–H and O–H groups in total. The van der Waals surface area contributed by atoms with E-state index in [-0.39, 0.29) is 12.4 Å². The van der Waals surface area contributed by atoms with Crippen molar-refractivity contribution in [3.05, 3.63) is 53.8 Å². The van der Waals surface area contributed by atoms with Gasteiger partial charge in [-0.05, 0) is 44.0 Å². The van der Waals surface area contributed by atoms with Crippen LogP contribution in [0.4, 0.5) is 5.69 Å². The SMILES string of the molecule is CN(C)C1(N)C=CC(N)=C(CNc2ccccc2)C1.Cl. The molecule has 0 aliphatic heterocycles. The molecule has 4 nitrogen and oxygen atoms in total. The van der Waals surface area contributed by atoms with E-state index in [2.05, 4.69) is 5.32 Å². The van der Waals surface area contributed by atoms with Gasteiger partial charge in [0.2, 0.25) is 0 Å². The molecule has 1 aliphatic rings. The van der Waals surface area contributed by atoms with E-state index < -0.39 is 5.66 Å². The van der Waals surface area contributed by atoms with Crippen LogP contribution in [0.2, 0.25) is 0 Å². The second-order valence-electron chi connectivity index (χ2n) is 5.17. The fourth-order valence-electron chi connectivity index (χ4n) is 2.09. The molecule has 0 bridgehead atoms. The fourth-order valence-corrected chi connectivity index (χ4v) is 2.09. The Morgan fingerprint density at radius 3 is 2.50 bits per heavy atom. The van der Waals surface area contributed by atoms with E-state index in [0.29, 0.717) is 6.54 Å². The van der Waals surface area contributed by atoms with Crippen LogP contribution in [-0.2, 0) is 0 Å². The summed E-state index contributed by atoms with van der Waals surface area (Å²) in [6.45, 7) is 0.715. The van der Waals surface area contributed by atoms with Crippen LogP contribution >= 0.6 is 12.4 Å². The summed E-state index contributed by atoms with van der Waals surface area (Å²) >= 11 is 0. The van der Waals surface area contributed by atoms with Gasteiger partial charge < -0.3 is 16.8 Å². The maximum Gasteiger partial charge on any atom is 0.0917 e. The minimum absolute atomic E-state index is 0. The molecule has 0 amide bonds. The zero-order valence-electron chi connectivity index (χ0n) is 12.0. The molecular weight excluding hydrogens is 272 g/mol. The predicted molar refractivity (Wildman–Crippen MR) is 87.8 cm³/mol. The average Bonchev–Trinajstić information content (AvgIpc) is 2.41. The lowest BCUT2D eigenvalue weighted by atomic mass is 9.92. The highest BCUT2D eigenvalue weighted by Crippen LogP contribution is 2.25. The molecule has 1 aliphatic carbocycles. The maximum atomic E-state index is 6.35. The number of para-hydroxylation sites is 1. The first kappa shape index (κ1) is 16.6. The molecule has 0 heterocycles. The number of nitrogens with zero attached hydrogens (tertiary/aromatic N) is 1. The minimum atomic E-state index is -0.448. The van der Waals surface area contributed by atoms with Gasteiger partial charge in [-0.2, -0.15) is 0 Å². The average molecular weight is 295 g/mol. The molecule has 2 rings (SSSR count). The van der Waals surface area contributed by atoms with Gasteiger partial charge in [0.1, 0.15) is 0 Å². The lowest BCUT2D eigenvalue weighted by Gasteiger charge is -2.37. The van der Waals surface area contributed by atoms with Crippen molar-refractivity contribution in [2.75, 3.05) is 26.0 Å². The Kier molecular flexibility index (Phi) is 5.62. The number of benzene rings is 1. The third-order valence-corrected chi connectivity index (χ3v) is 3.57. The molecule has 1 aromatic rings. The molecule has 0 saturated heterocycles. The first-order chi connectivity index (χ1) is 9.01. The van der Waals surface area contributed by atoms with Crippen molar-refractivity contribution in [1.82, 2.24) is 4.90 Å². The van der Waals surface area contributed by atoms with Crippen molar-refractivity contribution in [2.24, 2.45) is 11.5 Å². The molecule has 0 fully saturated rings. The number of hydrogen-bond acceptors (Lipinski definition) is 4. The molecule has 0 aromatic heterocycles. The van der Waals surface area contributed by atoms with Crippen LogP contribution in [0, 0.1) is 0 Å². The molecule has 0 saturated carbocycles. The van der Waals surface area contributed by atoms with Crippen LogP contribution in [0.5, 0.6) is 0 Å². The lowest BCUT2D eigenvalue weighted by molar-refractivity contribution is 0.210. The Balaban J connectivity index is 0.00000200. The molecule has 5 heteroatoms. The molecule has 0 spiro atoms. The number of allylic oxidation sites excluding steroid dienone is 1. The van der Waals surface area contributed by atoms with Gasteiger partial charge in [0, 0.05) is 24.4 Å². The number of rotatable bonds is 4. The molecule has 1 unspecified atom stereocenters. The van der Waals surface area contributed by atoms with Gasteiger partial charge in [-0.3, -0.25) is 4.90 Å². The summed E-state index contributed by atoms with van der Waals surface area (Å²) in [6, 6.07) is 10.1. The Labute approximate surface area is 126 Å². The standard InChI is InChI=1S/C15H22N4.ClH/c1-19(2)15(17)9-8-14(16)12(10-15)11-18-13-6-4-3-5-7-13;/h3-9,18H,10-11,16-17H2,1-2H3;1H. The van der Waals surface area contributed by atoms with E-state index in [1.165, 1.54) is 0 Å². The molecule has 1 atom stereocenters. The summed E-state index contributed by atoms with van der Waals surface area (Å²) in [5.74, 6) is 0. The smallest absolute Gasteiger partial charge is 0.0917 e. The van der Waals surface area contributed by atoms with Gasteiger partial charge in [0.05, 0.1) is 5.66 Å². The van der Waals surface area contributed by atoms with E-state index in [1.807, 2.05) is 61.5 Å². The van der Waals surface area contributed by atoms with E-state index in [0.717, 1.165) is 23.4 Å². The summed E-state index contributed by atoms with van der Waals surface area (Å²) in [7, 11) is 3.96. The summed E-state index contributed by atoms with van der Waals surface area (Å²) in [5.41, 5.74) is 15.0. The van der Waals surface area contributed by atoms with Crippen LogP contribution in [0.1, 0.15) is 6.42 Å². The van der Waals surface area contributed by atoms with Crippen LogP contribution in [-0.4, -0.2) is 31.2 Å². The van der Waals surface area contributed by atoms with Gasteiger partial charge in [-0.15, -0.1) is 12.4 Å². The fraction of sp³-hybridized carbons (Fsp3) is 0.333. The predicted octanol–water partition coefficient (Wildman–Crippen LogP) is 1.91. The van der Waals surface area contributed by atoms with Crippen molar-refractivity contribution < 1.29 is 0 Å².